The molecule has 3 aromatic rings. The number of hydrogen-bond acceptors (Lipinski definition) is 4. The molecule has 6 nitrogen and oxygen atoms in total. The van der Waals surface area contributed by atoms with Crippen molar-refractivity contribution in [3.05, 3.63) is 64.7 Å². The lowest BCUT2D eigenvalue weighted by atomic mass is 9.53. The summed E-state index contributed by atoms with van der Waals surface area (Å²) in [6, 6.07) is 15.8. The molecule has 4 bridgehead atoms. The smallest absolute Gasteiger partial charge is 0.261 e. The molecule has 0 saturated heterocycles. The van der Waals surface area contributed by atoms with E-state index < -0.39 is 0 Å². The molecule has 5 saturated carbocycles. The second kappa shape index (κ2) is 8.46. The van der Waals surface area contributed by atoms with E-state index in [4.69, 9.17) is 4.98 Å². The number of nitrogens with one attached hydrogen (secondary N) is 2. The maximum atomic E-state index is 13.1. The molecule has 1 aromatic heterocycles. The molecule has 8 rings (SSSR count). The number of hydrogen-bond donors (Lipinski definition) is 2. The molecule has 2 N–H and O–H groups in total. The minimum atomic E-state index is -0.0421. The molecular formula is C30H34N4O2. The highest BCUT2D eigenvalue weighted by Crippen LogP contribution is 2.56. The van der Waals surface area contributed by atoms with E-state index in [1.807, 2.05) is 47.0 Å². The van der Waals surface area contributed by atoms with Crippen LogP contribution in [0.25, 0.3) is 10.9 Å². The van der Waals surface area contributed by atoms with Gasteiger partial charge >= 0.3 is 0 Å². The molecule has 0 unspecified atom stereocenters. The number of rotatable bonds is 7. The first kappa shape index (κ1) is 22.1. The summed E-state index contributed by atoms with van der Waals surface area (Å²) >= 11 is 0. The van der Waals surface area contributed by atoms with Crippen LogP contribution in [0.3, 0.4) is 0 Å². The van der Waals surface area contributed by atoms with Crippen molar-refractivity contribution >= 4 is 28.2 Å². The maximum Gasteiger partial charge on any atom is 0.261 e. The Morgan fingerprint density at radius 2 is 1.56 bits per heavy atom. The molecule has 0 spiro atoms. The summed E-state index contributed by atoms with van der Waals surface area (Å²) in [5.74, 6) is 3.27. The zero-order valence-corrected chi connectivity index (χ0v) is 20.7. The second-order valence-electron chi connectivity index (χ2n) is 11.9. The van der Waals surface area contributed by atoms with Crippen LogP contribution in [-0.4, -0.2) is 21.0 Å². The molecule has 6 heteroatoms. The van der Waals surface area contributed by atoms with Gasteiger partial charge in [0.15, 0.2) is 0 Å². The zero-order valence-electron chi connectivity index (χ0n) is 20.7. The van der Waals surface area contributed by atoms with Crippen LogP contribution in [0.5, 0.6) is 0 Å². The lowest BCUT2D eigenvalue weighted by molar-refractivity contribution is -0.116. The maximum absolute atomic E-state index is 13.1. The van der Waals surface area contributed by atoms with Gasteiger partial charge in [-0.05, 0) is 93.4 Å². The van der Waals surface area contributed by atoms with Crippen molar-refractivity contribution < 1.29 is 4.79 Å². The lowest BCUT2D eigenvalue weighted by Crippen LogP contribution is -2.54. The highest BCUT2D eigenvalue weighted by Gasteiger charge is 2.51. The third kappa shape index (κ3) is 4.00. The van der Waals surface area contributed by atoms with Gasteiger partial charge in [-0.15, -0.1) is 0 Å². The summed E-state index contributed by atoms with van der Waals surface area (Å²) < 4.78 is 1.83. The predicted octanol–water partition coefficient (Wildman–Crippen LogP) is 5.68. The number of benzene rings is 2. The Balaban J connectivity index is 1.08. The highest BCUT2D eigenvalue weighted by molar-refractivity contribution is 5.94. The predicted molar refractivity (Wildman–Crippen MR) is 142 cm³/mol. The van der Waals surface area contributed by atoms with Gasteiger partial charge in [-0.1, -0.05) is 24.3 Å². The molecule has 186 valence electrons. The van der Waals surface area contributed by atoms with Gasteiger partial charge in [0, 0.05) is 24.4 Å². The number of nitrogens with zero attached hydrogens (tertiary/aromatic N) is 2. The van der Waals surface area contributed by atoms with Crippen LogP contribution in [-0.2, 0) is 11.2 Å². The molecule has 5 aliphatic rings. The Morgan fingerprint density at radius 3 is 2.25 bits per heavy atom. The number of carbonyl (C=O) groups excluding carboxylic acids is 1. The van der Waals surface area contributed by atoms with Gasteiger partial charge in [0.25, 0.3) is 5.56 Å². The second-order valence-corrected chi connectivity index (χ2v) is 11.9. The largest absolute Gasteiger partial charge is 0.378 e. The number of fused-ring (bicyclic) bond motifs is 1. The molecule has 1 amide bonds. The molecule has 2 aromatic carbocycles. The first-order chi connectivity index (χ1) is 17.6. The Morgan fingerprint density at radius 1 is 0.917 bits per heavy atom. The summed E-state index contributed by atoms with van der Waals surface area (Å²) in [7, 11) is 0. The van der Waals surface area contributed by atoms with E-state index in [1.54, 1.807) is 0 Å². The van der Waals surface area contributed by atoms with Gasteiger partial charge in [-0.3, -0.25) is 14.2 Å². The molecule has 1 heterocycles. The monoisotopic (exact) mass is 482 g/mol. The van der Waals surface area contributed by atoms with Crippen molar-refractivity contribution in [3.8, 4) is 0 Å². The van der Waals surface area contributed by atoms with E-state index in [0.717, 1.165) is 47.8 Å². The number of para-hydroxylation sites is 3. The van der Waals surface area contributed by atoms with Crippen LogP contribution in [0.1, 0.15) is 69.7 Å². The van der Waals surface area contributed by atoms with Gasteiger partial charge in [0.05, 0.1) is 22.3 Å². The van der Waals surface area contributed by atoms with E-state index >= 15 is 0 Å². The fourth-order valence-electron chi connectivity index (χ4n) is 7.77. The van der Waals surface area contributed by atoms with Crippen LogP contribution in [0.2, 0.25) is 0 Å². The topological polar surface area (TPSA) is 76.0 Å². The van der Waals surface area contributed by atoms with Crippen molar-refractivity contribution in [2.24, 2.45) is 17.8 Å². The average Bonchev–Trinajstić information content (AvgIpc) is 3.68. The van der Waals surface area contributed by atoms with Crippen molar-refractivity contribution in [2.75, 3.05) is 10.6 Å². The van der Waals surface area contributed by atoms with Gasteiger partial charge in [-0.25, -0.2) is 4.98 Å². The number of anilines is 2. The number of amides is 1. The summed E-state index contributed by atoms with van der Waals surface area (Å²) in [5.41, 5.74) is 2.80. The van der Waals surface area contributed by atoms with E-state index in [-0.39, 0.29) is 23.0 Å². The minimum absolute atomic E-state index is 0.0172. The number of carbonyl (C=O) groups is 1. The summed E-state index contributed by atoms with van der Waals surface area (Å²) in [6.45, 7) is 0. The van der Waals surface area contributed by atoms with Crippen LogP contribution in [0.15, 0.2) is 53.3 Å². The lowest BCUT2D eigenvalue weighted by Gasteiger charge is -2.57. The van der Waals surface area contributed by atoms with E-state index in [9.17, 15) is 9.59 Å². The molecular weight excluding hydrogens is 448 g/mol. The Hall–Kier alpha value is -3.15. The molecule has 36 heavy (non-hydrogen) atoms. The third-order valence-corrected chi connectivity index (χ3v) is 9.01. The summed E-state index contributed by atoms with van der Waals surface area (Å²) in [5, 5.41) is 7.74. The summed E-state index contributed by atoms with van der Waals surface area (Å²) in [4.78, 5) is 31.0. The molecule has 5 aliphatic carbocycles. The van der Waals surface area contributed by atoms with Crippen molar-refractivity contribution in [2.45, 2.75) is 75.8 Å². The normalized spacial score (nSPS) is 28.4. The first-order valence-electron chi connectivity index (χ1n) is 13.7. The van der Waals surface area contributed by atoms with Gasteiger partial charge in [-0.2, -0.15) is 0 Å². The zero-order chi connectivity index (χ0) is 24.3. The van der Waals surface area contributed by atoms with Crippen LogP contribution in [0, 0.1) is 17.8 Å². The Kier molecular flexibility index (Phi) is 5.19. The Labute approximate surface area is 211 Å². The standard InChI is InChI=1S/C30H34N4O2/c35-28(12-11-27-31-24-6-2-1-5-23(24)29(36)34(27)22-9-10-22)32-25-7-3-4-8-26(25)33-30-16-19-13-20(17-30)15-21(14-19)18-30/h1-8,19-22,33H,9-18H2,(H,32,35). The highest BCUT2D eigenvalue weighted by atomic mass is 16.1. The van der Waals surface area contributed by atoms with Crippen LogP contribution >= 0.6 is 0 Å². The van der Waals surface area contributed by atoms with Gasteiger partial charge in [0.2, 0.25) is 5.91 Å². The molecule has 0 atom stereocenters. The third-order valence-electron chi connectivity index (χ3n) is 9.01. The Bertz CT molecular complexity index is 1350. The quantitative estimate of drug-likeness (QED) is 0.454. The van der Waals surface area contributed by atoms with Crippen molar-refractivity contribution in [1.29, 1.82) is 0 Å². The van der Waals surface area contributed by atoms with E-state index in [0.29, 0.717) is 23.7 Å². The minimum Gasteiger partial charge on any atom is -0.378 e. The SMILES string of the molecule is O=C(CCc1nc2ccccc2c(=O)n1C1CC1)Nc1ccccc1NC12CC3CC(CC(C3)C1)C2. The molecule has 5 fully saturated rings. The van der Waals surface area contributed by atoms with Gasteiger partial charge < -0.3 is 10.6 Å². The number of aromatic nitrogens is 2. The van der Waals surface area contributed by atoms with E-state index in [2.05, 4.69) is 16.7 Å². The van der Waals surface area contributed by atoms with Crippen LogP contribution < -0.4 is 16.2 Å². The first-order valence-corrected chi connectivity index (χ1v) is 13.7. The molecule has 0 radical (unpaired) electrons. The fourth-order valence-corrected chi connectivity index (χ4v) is 7.77. The van der Waals surface area contributed by atoms with Gasteiger partial charge in [0.1, 0.15) is 5.82 Å². The molecule has 0 aliphatic heterocycles. The van der Waals surface area contributed by atoms with Crippen molar-refractivity contribution in [1.82, 2.24) is 9.55 Å². The fraction of sp³-hybridized carbons (Fsp3) is 0.500. The van der Waals surface area contributed by atoms with Crippen LogP contribution in [0.4, 0.5) is 11.4 Å². The number of aryl methyl sites for hydroxylation is 1. The van der Waals surface area contributed by atoms with E-state index in [1.165, 1.54) is 38.5 Å². The van der Waals surface area contributed by atoms with Crippen molar-refractivity contribution in [3.63, 3.8) is 0 Å². The summed E-state index contributed by atoms with van der Waals surface area (Å²) in [6.07, 6.45) is 10.8. The average molecular weight is 483 g/mol.